The van der Waals surface area contributed by atoms with Crippen LogP contribution in [-0.2, 0) is 11.3 Å². The van der Waals surface area contributed by atoms with Crippen molar-refractivity contribution in [3.05, 3.63) is 90.4 Å². The highest BCUT2D eigenvalue weighted by Gasteiger charge is 2.25. The number of rotatable bonds is 6. The molecular formula is C24H22Cl2N4O5. The van der Waals surface area contributed by atoms with Crippen LogP contribution in [0.15, 0.2) is 61.5 Å². The van der Waals surface area contributed by atoms with Crippen LogP contribution in [-0.4, -0.2) is 25.2 Å². The Morgan fingerprint density at radius 3 is 2.49 bits per heavy atom. The van der Waals surface area contributed by atoms with Crippen molar-refractivity contribution in [1.29, 1.82) is 0 Å². The van der Waals surface area contributed by atoms with Gasteiger partial charge in [0.25, 0.3) is 0 Å². The Kier molecular flexibility index (Phi) is 6.73. The number of carboxylic acids is 1. The second-order valence-electron chi connectivity index (χ2n) is 8.30. The summed E-state index contributed by atoms with van der Waals surface area (Å²) in [6.45, 7) is 4.79. The molecule has 0 aliphatic heterocycles. The minimum absolute atomic E-state index is 0.0167. The van der Waals surface area contributed by atoms with Crippen molar-refractivity contribution < 1.29 is 14.3 Å². The largest absolute Gasteiger partial charge is 0.481 e. The Bertz CT molecular complexity index is 1610. The lowest BCUT2D eigenvalue weighted by Gasteiger charge is -2.19. The molecule has 2 N–H and O–H groups in total. The van der Waals surface area contributed by atoms with Gasteiger partial charge in [-0.2, -0.15) is 0 Å². The molecule has 35 heavy (non-hydrogen) atoms. The fourth-order valence-corrected chi connectivity index (χ4v) is 4.12. The fraction of sp³-hybridized carbons (Fsp3) is 0.250. The summed E-state index contributed by atoms with van der Waals surface area (Å²) in [5.41, 5.74) is 0.148. The van der Waals surface area contributed by atoms with Crippen LogP contribution in [0.2, 0.25) is 10.0 Å². The maximum atomic E-state index is 13.5. The first kappa shape index (κ1) is 24.6. The molecular weight excluding hydrogens is 495 g/mol. The number of carbonyl (C=O) groups is 1. The number of aliphatic carboxylic acids is 1. The summed E-state index contributed by atoms with van der Waals surface area (Å²) in [5.74, 6) is -1.43. The summed E-state index contributed by atoms with van der Waals surface area (Å²) < 4.78 is 7.75. The number of benzene rings is 2. The Balaban J connectivity index is 1.95. The number of hydrogen-bond acceptors (Lipinski definition) is 5. The smallest absolute Gasteiger partial charge is 0.335 e. The zero-order valence-corrected chi connectivity index (χ0v) is 20.6. The van der Waals surface area contributed by atoms with Crippen LogP contribution in [0.4, 0.5) is 5.69 Å². The molecule has 0 saturated heterocycles. The predicted molar refractivity (Wildman–Crippen MR) is 133 cm³/mol. The average molecular weight is 517 g/mol. The Morgan fingerprint density at radius 2 is 1.83 bits per heavy atom. The minimum atomic E-state index is -1.12. The first-order chi connectivity index (χ1) is 16.5. The maximum absolute atomic E-state index is 13.5. The summed E-state index contributed by atoms with van der Waals surface area (Å²) in [7, 11) is 0. The second-order valence-corrected chi connectivity index (χ2v) is 9.14. The zero-order chi connectivity index (χ0) is 25.4. The van der Waals surface area contributed by atoms with Crippen LogP contribution < -0.4 is 17.0 Å². The molecule has 2 aromatic heterocycles. The molecule has 0 amide bonds. The van der Waals surface area contributed by atoms with E-state index in [1.165, 1.54) is 18.4 Å². The average Bonchev–Trinajstić information content (AvgIpc) is 3.17. The summed E-state index contributed by atoms with van der Waals surface area (Å²) in [6.07, 6.45) is 0. The van der Waals surface area contributed by atoms with Gasteiger partial charge < -0.3 is 9.52 Å². The molecule has 4 aromatic rings. The van der Waals surface area contributed by atoms with Gasteiger partial charge in [-0.05, 0) is 56.7 Å². The molecule has 182 valence electrons. The molecule has 0 aliphatic rings. The third kappa shape index (κ3) is 4.96. The molecule has 0 saturated carbocycles. The summed E-state index contributed by atoms with van der Waals surface area (Å²) >= 11 is 12.3. The van der Waals surface area contributed by atoms with E-state index in [9.17, 15) is 19.5 Å². The number of aromatic amines is 1. The van der Waals surface area contributed by atoms with Crippen LogP contribution in [0, 0.1) is 12.8 Å². The summed E-state index contributed by atoms with van der Waals surface area (Å²) in [5, 5.41) is 11.0. The monoisotopic (exact) mass is 516 g/mol. The van der Waals surface area contributed by atoms with Crippen LogP contribution in [0.25, 0.3) is 11.0 Å². The highest BCUT2D eigenvalue weighted by molar-refractivity contribution is 6.35. The van der Waals surface area contributed by atoms with Gasteiger partial charge in [0.15, 0.2) is 5.58 Å². The van der Waals surface area contributed by atoms with E-state index in [1.807, 2.05) is 0 Å². The van der Waals surface area contributed by atoms with E-state index < -0.39 is 29.3 Å². The zero-order valence-electron chi connectivity index (χ0n) is 19.1. The van der Waals surface area contributed by atoms with Crippen molar-refractivity contribution in [3.8, 4) is 0 Å². The first-order valence-electron chi connectivity index (χ1n) is 10.7. The van der Waals surface area contributed by atoms with E-state index in [1.54, 1.807) is 49.4 Å². The van der Waals surface area contributed by atoms with Crippen molar-refractivity contribution in [2.45, 2.75) is 33.4 Å². The van der Waals surface area contributed by atoms with Crippen molar-refractivity contribution >= 4 is 45.8 Å². The normalized spacial score (nSPS) is 13.8. The Labute approximate surface area is 208 Å². The first-order valence-corrected chi connectivity index (χ1v) is 11.5. The quantitative estimate of drug-likeness (QED) is 0.396. The molecule has 0 radical (unpaired) electrons. The summed E-state index contributed by atoms with van der Waals surface area (Å²) in [6, 6.07) is 11.0. The lowest BCUT2D eigenvalue weighted by atomic mass is 10.0. The van der Waals surface area contributed by atoms with Gasteiger partial charge in [0.2, 0.25) is 5.62 Å². The molecule has 0 bridgehead atoms. The number of hydrogen-bond donors (Lipinski definition) is 2. The van der Waals surface area contributed by atoms with Crippen molar-refractivity contribution in [1.82, 2.24) is 14.1 Å². The van der Waals surface area contributed by atoms with Gasteiger partial charge in [0, 0.05) is 10.4 Å². The molecule has 0 unspecified atom stereocenters. The van der Waals surface area contributed by atoms with Gasteiger partial charge in [-0.3, -0.25) is 14.3 Å². The van der Waals surface area contributed by atoms with E-state index >= 15 is 0 Å². The third-order valence-corrected chi connectivity index (χ3v) is 6.35. The second kappa shape index (κ2) is 9.59. The molecule has 9 nitrogen and oxygen atoms in total. The van der Waals surface area contributed by atoms with Gasteiger partial charge in [0.1, 0.15) is 5.76 Å². The number of aryl methyl sites for hydroxylation is 1. The van der Waals surface area contributed by atoms with Crippen molar-refractivity contribution in [2.24, 2.45) is 10.9 Å². The molecule has 0 spiro atoms. The number of nitrogens with zero attached hydrogens (tertiary/aromatic N) is 3. The minimum Gasteiger partial charge on any atom is -0.481 e. The summed E-state index contributed by atoms with van der Waals surface area (Å²) in [4.78, 5) is 45.1. The van der Waals surface area contributed by atoms with Crippen LogP contribution in [0.3, 0.4) is 0 Å². The van der Waals surface area contributed by atoms with E-state index in [-0.39, 0.29) is 12.2 Å². The molecule has 2 atom stereocenters. The molecule has 0 aliphatic carbocycles. The van der Waals surface area contributed by atoms with Gasteiger partial charge in [-0.15, -0.1) is 0 Å². The van der Waals surface area contributed by atoms with E-state index in [0.717, 1.165) is 15.5 Å². The van der Waals surface area contributed by atoms with Crippen LogP contribution in [0.1, 0.15) is 31.2 Å². The van der Waals surface area contributed by atoms with Crippen LogP contribution >= 0.6 is 23.2 Å². The molecule has 0 fully saturated rings. The topological polar surface area (TPSA) is 123 Å². The number of nitrogens with one attached hydrogen (secondary N) is 1. The number of halogens is 2. The van der Waals surface area contributed by atoms with Gasteiger partial charge in [0.05, 0.1) is 29.2 Å². The van der Waals surface area contributed by atoms with E-state index in [2.05, 4.69) is 9.98 Å². The number of aromatic nitrogens is 3. The highest BCUT2D eigenvalue weighted by atomic mass is 35.5. The number of carboxylic acid groups (broad SMARTS) is 1. The van der Waals surface area contributed by atoms with Crippen molar-refractivity contribution in [2.75, 3.05) is 0 Å². The molecule has 11 heteroatoms. The number of H-pyrrole nitrogens is 1. The third-order valence-electron chi connectivity index (χ3n) is 5.82. The standard InChI is InChI=1S/C24H22Cl2N4O5/c1-12-8-16-9-18(10-19(26)20(16)35-12)27-22-28-23(33)30(14(3)13(2)21(31)32)24(34)29(22)11-15-4-6-17(25)7-5-15/h4-10,13-14H,11H2,1-3H3,(H,31,32)(H,27,28,33)/t13-,14+/m1/s1. The van der Waals surface area contributed by atoms with Crippen molar-refractivity contribution in [3.63, 3.8) is 0 Å². The fourth-order valence-electron chi connectivity index (χ4n) is 3.73. The van der Waals surface area contributed by atoms with E-state index in [0.29, 0.717) is 27.1 Å². The van der Waals surface area contributed by atoms with Crippen LogP contribution in [0.5, 0.6) is 0 Å². The molecule has 2 aromatic carbocycles. The Hall–Kier alpha value is -3.56. The lowest BCUT2D eigenvalue weighted by Crippen LogP contribution is -2.52. The van der Waals surface area contributed by atoms with Gasteiger partial charge >= 0.3 is 17.3 Å². The molecule has 4 rings (SSSR count). The number of furan rings is 1. The van der Waals surface area contributed by atoms with E-state index in [4.69, 9.17) is 27.6 Å². The number of fused-ring (bicyclic) bond motifs is 1. The lowest BCUT2D eigenvalue weighted by molar-refractivity contribution is -0.142. The highest BCUT2D eigenvalue weighted by Crippen LogP contribution is 2.31. The predicted octanol–water partition coefficient (Wildman–Crippen LogP) is 4.26. The SMILES string of the molecule is Cc1cc2cc(/N=c3\[nH]c(=O)n([C@@H](C)[C@@H](C)C(=O)O)c(=O)n3Cc3ccc(Cl)cc3)cc(Cl)c2o1. The Morgan fingerprint density at radius 1 is 1.14 bits per heavy atom. The van der Waals surface area contributed by atoms with Gasteiger partial charge in [-0.1, -0.05) is 35.3 Å². The van der Waals surface area contributed by atoms with Gasteiger partial charge in [-0.25, -0.2) is 19.1 Å². The molecule has 2 heterocycles. The maximum Gasteiger partial charge on any atom is 0.335 e.